The Balaban J connectivity index is 1.25. The molecule has 146 valence electrons. The van der Waals surface area contributed by atoms with Gasteiger partial charge in [0.15, 0.2) is 0 Å². The average Bonchev–Trinajstić information content (AvgIpc) is 3.43. The first-order valence-corrected chi connectivity index (χ1v) is 9.85. The second-order valence-corrected chi connectivity index (χ2v) is 7.49. The Labute approximate surface area is 167 Å². The van der Waals surface area contributed by atoms with Gasteiger partial charge in [0.25, 0.3) is 5.91 Å². The third-order valence-electron chi connectivity index (χ3n) is 5.65. The first-order chi connectivity index (χ1) is 14.2. The molecular formula is C23H21FN4O. The van der Waals surface area contributed by atoms with Crippen molar-refractivity contribution in [3.63, 3.8) is 0 Å². The van der Waals surface area contributed by atoms with Crippen molar-refractivity contribution in [3.8, 4) is 5.69 Å². The summed E-state index contributed by atoms with van der Waals surface area (Å²) in [6.07, 6.45) is 5.65. The van der Waals surface area contributed by atoms with E-state index in [1.165, 1.54) is 12.1 Å². The highest BCUT2D eigenvalue weighted by atomic mass is 19.1. The van der Waals surface area contributed by atoms with Crippen LogP contribution in [-0.4, -0.2) is 38.4 Å². The number of piperidine rings is 1. The number of rotatable bonds is 3. The summed E-state index contributed by atoms with van der Waals surface area (Å²) in [6, 6.07) is 16.2. The Bertz CT molecular complexity index is 1140. The number of nitrogens with one attached hydrogen (secondary N) is 1. The number of aromatic nitrogens is 3. The van der Waals surface area contributed by atoms with Crippen LogP contribution in [0.1, 0.15) is 34.9 Å². The molecule has 0 saturated carbocycles. The Morgan fingerprint density at radius 1 is 1.03 bits per heavy atom. The van der Waals surface area contributed by atoms with Gasteiger partial charge in [-0.2, -0.15) is 0 Å². The molecule has 5 nitrogen and oxygen atoms in total. The van der Waals surface area contributed by atoms with Crippen molar-refractivity contribution in [2.24, 2.45) is 0 Å². The van der Waals surface area contributed by atoms with E-state index in [-0.39, 0.29) is 17.6 Å². The number of benzene rings is 2. The van der Waals surface area contributed by atoms with E-state index in [1.807, 2.05) is 58.3 Å². The van der Waals surface area contributed by atoms with Crippen LogP contribution < -0.4 is 0 Å². The molecule has 5 rings (SSSR count). The van der Waals surface area contributed by atoms with Gasteiger partial charge < -0.3 is 14.5 Å². The quantitative estimate of drug-likeness (QED) is 0.561. The zero-order valence-corrected chi connectivity index (χ0v) is 15.9. The highest BCUT2D eigenvalue weighted by Crippen LogP contribution is 2.28. The van der Waals surface area contributed by atoms with Crippen molar-refractivity contribution in [3.05, 3.63) is 84.2 Å². The summed E-state index contributed by atoms with van der Waals surface area (Å²) >= 11 is 0. The number of imidazole rings is 1. The zero-order chi connectivity index (χ0) is 19.8. The van der Waals surface area contributed by atoms with Crippen LogP contribution in [-0.2, 0) is 0 Å². The summed E-state index contributed by atoms with van der Waals surface area (Å²) in [5, 5.41) is 0. The van der Waals surface area contributed by atoms with Crippen LogP contribution in [0.4, 0.5) is 4.39 Å². The third-order valence-corrected chi connectivity index (χ3v) is 5.65. The van der Waals surface area contributed by atoms with E-state index < -0.39 is 0 Å². The first-order valence-electron chi connectivity index (χ1n) is 9.85. The number of hydrogen-bond acceptors (Lipinski definition) is 2. The summed E-state index contributed by atoms with van der Waals surface area (Å²) in [5.74, 6) is 0.935. The Hall–Kier alpha value is -3.41. The standard InChI is InChI=1S/C23H21FN4O/c24-18-5-8-20-21(15-18)26-22(25-20)16-9-13-28(14-10-16)23(29)17-3-6-19(7-4-17)27-11-1-2-12-27/h1-8,11-12,15-16H,9-10,13-14H2,(H,25,26). The third kappa shape index (κ3) is 3.42. The average molecular weight is 388 g/mol. The van der Waals surface area contributed by atoms with Gasteiger partial charge in [-0.05, 0) is 67.4 Å². The molecule has 3 heterocycles. The van der Waals surface area contributed by atoms with Crippen LogP contribution in [0, 0.1) is 5.82 Å². The summed E-state index contributed by atoms with van der Waals surface area (Å²) < 4.78 is 15.4. The van der Waals surface area contributed by atoms with E-state index in [2.05, 4.69) is 9.97 Å². The van der Waals surface area contributed by atoms with Gasteiger partial charge in [0.1, 0.15) is 11.6 Å². The molecule has 0 atom stereocenters. The maximum absolute atomic E-state index is 13.4. The van der Waals surface area contributed by atoms with Crippen LogP contribution >= 0.6 is 0 Å². The van der Waals surface area contributed by atoms with Gasteiger partial charge in [-0.25, -0.2) is 9.37 Å². The predicted molar refractivity (Wildman–Crippen MR) is 110 cm³/mol. The van der Waals surface area contributed by atoms with Crippen LogP contribution in [0.5, 0.6) is 0 Å². The normalized spacial score (nSPS) is 15.1. The number of carbonyl (C=O) groups is 1. The molecule has 2 aromatic carbocycles. The van der Waals surface area contributed by atoms with Crippen molar-refractivity contribution in [1.82, 2.24) is 19.4 Å². The number of H-pyrrole nitrogens is 1. The van der Waals surface area contributed by atoms with Crippen LogP contribution in [0.2, 0.25) is 0 Å². The minimum absolute atomic E-state index is 0.0641. The minimum Gasteiger partial charge on any atom is -0.342 e. The maximum Gasteiger partial charge on any atom is 0.253 e. The number of fused-ring (bicyclic) bond motifs is 1. The van der Waals surface area contributed by atoms with Gasteiger partial charge in [0.2, 0.25) is 0 Å². The fraction of sp³-hybridized carbons (Fsp3) is 0.217. The highest BCUT2D eigenvalue weighted by molar-refractivity contribution is 5.94. The molecule has 1 aliphatic heterocycles. The predicted octanol–water partition coefficient (Wildman–Crippen LogP) is 4.51. The van der Waals surface area contributed by atoms with E-state index in [1.54, 1.807) is 6.07 Å². The van der Waals surface area contributed by atoms with Gasteiger partial charge in [0, 0.05) is 42.7 Å². The molecule has 6 heteroatoms. The van der Waals surface area contributed by atoms with Crippen LogP contribution in [0.25, 0.3) is 16.7 Å². The van der Waals surface area contributed by atoms with Gasteiger partial charge in [-0.15, -0.1) is 0 Å². The van der Waals surface area contributed by atoms with Crippen molar-refractivity contribution < 1.29 is 9.18 Å². The molecule has 1 N–H and O–H groups in total. The second-order valence-electron chi connectivity index (χ2n) is 7.49. The van der Waals surface area contributed by atoms with E-state index >= 15 is 0 Å². The van der Waals surface area contributed by atoms with Crippen LogP contribution in [0.3, 0.4) is 0 Å². The molecule has 0 aliphatic carbocycles. The molecule has 2 aromatic heterocycles. The highest BCUT2D eigenvalue weighted by Gasteiger charge is 2.26. The number of amides is 1. The zero-order valence-electron chi connectivity index (χ0n) is 15.9. The summed E-state index contributed by atoms with van der Waals surface area (Å²) in [4.78, 5) is 22.6. The van der Waals surface area contributed by atoms with Crippen molar-refractivity contribution in [2.75, 3.05) is 13.1 Å². The molecule has 29 heavy (non-hydrogen) atoms. The van der Waals surface area contributed by atoms with Crippen molar-refractivity contribution in [2.45, 2.75) is 18.8 Å². The summed E-state index contributed by atoms with van der Waals surface area (Å²) in [5.41, 5.74) is 3.24. The SMILES string of the molecule is O=C(c1ccc(-n2cccc2)cc1)N1CCC(c2nc3ccc(F)cc3[nH]2)CC1. The molecule has 0 spiro atoms. The molecule has 0 radical (unpaired) electrons. The van der Waals surface area contributed by atoms with Crippen molar-refractivity contribution >= 4 is 16.9 Å². The Morgan fingerprint density at radius 2 is 1.76 bits per heavy atom. The van der Waals surface area contributed by atoms with Gasteiger partial charge in [-0.3, -0.25) is 4.79 Å². The lowest BCUT2D eigenvalue weighted by molar-refractivity contribution is 0.0711. The van der Waals surface area contributed by atoms with E-state index in [0.29, 0.717) is 18.7 Å². The molecule has 1 saturated heterocycles. The van der Waals surface area contributed by atoms with Gasteiger partial charge in [-0.1, -0.05) is 0 Å². The number of carbonyl (C=O) groups excluding carboxylic acids is 1. The fourth-order valence-corrected chi connectivity index (χ4v) is 4.02. The fourth-order valence-electron chi connectivity index (χ4n) is 4.02. The summed E-state index contributed by atoms with van der Waals surface area (Å²) in [7, 11) is 0. The lowest BCUT2D eigenvalue weighted by Crippen LogP contribution is -2.38. The van der Waals surface area contributed by atoms with Crippen LogP contribution in [0.15, 0.2) is 67.0 Å². The van der Waals surface area contributed by atoms with E-state index in [9.17, 15) is 9.18 Å². The monoisotopic (exact) mass is 388 g/mol. The Kier molecular flexibility index (Phi) is 4.39. The summed E-state index contributed by atoms with van der Waals surface area (Å²) in [6.45, 7) is 1.38. The lowest BCUT2D eigenvalue weighted by Gasteiger charge is -2.31. The molecule has 1 amide bonds. The largest absolute Gasteiger partial charge is 0.342 e. The van der Waals surface area contributed by atoms with E-state index in [4.69, 9.17) is 0 Å². The van der Waals surface area contributed by atoms with E-state index in [0.717, 1.165) is 35.4 Å². The number of halogens is 1. The number of likely N-dealkylation sites (tertiary alicyclic amines) is 1. The topological polar surface area (TPSA) is 53.9 Å². The molecule has 1 aliphatic rings. The van der Waals surface area contributed by atoms with Crippen molar-refractivity contribution in [1.29, 1.82) is 0 Å². The van der Waals surface area contributed by atoms with Gasteiger partial charge >= 0.3 is 0 Å². The molecule has 0 bridgehead atoms. The number of nitrogens with zero attached hydrogens (tertiary/aromatic N) is 3. The molecule has 1 fully saturated rings. The minimum atomic E-state index is -0.268. The number of aromatic amines is 1. The maximum atomic E-state index is 13.4. The lowest BCUT2D eigenvalue weighted by atomic mass is 9.95. The van der Waals surface area contributed by atoms with Gasteiger partial charge in [0.05, 0.1) is 11.0 Å². The molecule has 4 aromatic rings. The molecular weight excluding hydrogens is 367 g/mol. The smallest absolute Gasteiger partial charge is 0.253 e. The molecule has 0 unspecified atom stereocenters. The number of hydrogen-bond donors (Lipinski definition) is 1. The first kappa shape index (κ1) is 17.7. The second kappa shape index (κ2) is 7.20. The Morgan fingerprint density at radius 3 is 2.48 bits per heavy atom.